The molecule has 3 rings (SSSR count). The Morgan fingerprint density at radius 3 is 2.86 bits per heavy atom. The van der Waals surface area contributed by atoms with E-state index < -0.39 is 0 Å². The van der Waals surface area contributed by atoms with Crippen LogP contribution in [0.15, 0.2) is 33.7 Å². The lowest BCUT2D eigenvalue weighted by molar-refractivity contribution is 0.0696. The van der Waals surface area contributed by atoms with Crippen LogP contribution in [0, 0.1) is 0 Å². The van der Waals surface area contributed by atoms with Gasteiger partial charge in [-0.05, 0) is 43.9 Å². The summed E-state index contributed by atoms with van der Waals surface area (Å²) in [5.74, 6) is 0.658. The maximum atomic E-state index is 6.12. The third kappa shape index (κ3) is 3.24. The van der Waals surface area contributed by atoms with Gasteiger partial charge in [0, 0.05) is 17.6 Å². The van der Waals surface area contributed by atoms with Crippen LogP contribution in [0.1, 0.15) is 25.3 Å². The smallest absolute Gasteiger partial charge is 0.191 e. The van der Waals surface area contributed by atoms with Crippen LogP contribution in [0.25, 0.3) is 0 Å². The molecule has 2 heterocycles. The van der Waals surface area contributed by atoms with Gasteiger partial charge in [-0.25, -0.2) is 0 Å². The zero-order chi connectivity index (χ0) is 14.9. The van der Waals surface area contributed by atoms with Crippen molar-refractivity contribution in [3.63, 3.8) is 0 Å². The summed E-state index contributed by atoms with van der Waals surface area (Å²) in [5.41, 5.74) is 7.38. The monoisotopic (exact) mass is 351 g/mol. The number of nitrogens with zero attached hydrogens (tertiary/aromatic N) is 2. The molecule has 1 aromatic carbocycles. The molecule has 1 fully saturated rings. The van der Waals surface area contributed by atoms with Crippen molar-refractivity contribution in [3.8, 4) is 0 Å². The Morgan fingerprint density at radius 1 is 1.43 bits per heavy atom. The van der Waals surface area contributed by atoms with Gasteiger partial charge < -0.3 is 15.4 Å². The van der Waals surface area contributed by atoms with Gasteiger partial charge in [0.1, 0.15) is 0 Å². The van der Waals surface area contributed by atoms with Gasteiger partial charge in [0.15, 0.2) is 5.96 Å². The topological polar surface area (TPSA) is 50.8 Å². The number of hydrogen-bond acceptors (Lipinski definition) is 4. The normalized spacial score (nSPS) is 29.0. The molecule has 2 atom stereocenters. The lowest BCUT2D eigenvalue weighted by Crippen LogP contribution is -2.53. The molecular formula is C16H22BrN3O. The Hall–Kier alpha value is -1.07. The highest BCUT2D eigenvalue weighted by atomic mass is 79.9. The van der Waals surface area contributed by atoms with E-state index in [1.54, 1.807) is 0 Å². The predicted molar refractivity (Wildman–Crippen MR) is 88.4 cm³/mol. The molecule has 0 bridgehead atoms. The molecule has 0 spiro atoms. The van der Waals surface area contributed by atoms with Crippen molar-refractivity contribution in [1.29, 1.82) is 0 Å². The summed E-state index contributed by atoms with van der Waals surface area (Å²) < 4.78 is 6.87. The highest BCUT2D eigenvalue weighted by Gasteiger charge is 2.39. The first-order valence-electron chi connectivity index (χ1n) is 7.50. The summed E-state index contributed by atoms with van der Waals surface area (Å²) in [6.07, 6.45) is 3.51. The Kier molecular flexibility index (Phi) is 4.22. The number of guanidine groups is 1. The van der Waals surface area contributed by atoms with Gasteiger partial charge in [0.25, 0.3) is 0 Å². The minimum absolute atomic E-state index is 0.0517. The molecule has 2 aliphatic heterocycles. The summed E-state index contributed by atoms with van der Waals surface area (Å²) >= 11 is 3.48. The molecule has 2 unspecified atom stereocenters. The number of nitrogens with two attached hydrogens (primary N) is 1. The van der Waals surface area contributed by atoms with Crippen LogP contribution >= 0.6 is 15.9 Å². The van der Waals surface area contributed by atoms with E-state index in [4.69, 9.17) is 10.5 Å². The van der Waals surface area contributed by atoms with E-state index >= 15 is 0 Å². The maximum Gasteiger partial charge on any atom is 0.191 e. The van der Waals surface area contributed by atoms with Crippen molar-refractivity contribution in [2.45, 2.75) is 37.8 Å². The van der Waals surface area contributed by atoms with E-state index in [0.29, 0.717) is 12.1 Å². The Morgan fingerprint density at radius 2 is 2.19 bits per heavy atom. The largest absolute Gasteiger partial charge is 0.376 e. The zero-order valence-corrected chi connectivity index (χ0v) is 14.0. The molecule has 2 aliphatic rings. The number of halogens is 1. The fourth-order valence-electron chi connectivity index (χ4n) is 3.20. The molecule has 5 heteroatoms. The standard InChI is InChI=1S/C16H22BrN3O/c1-16(9-12-4-6-13(17)7-5-12)11-19-15(18)20(16)10-14-3-2-8-21-14/h4-7,14H,2-3,8-11H2,1H3,(H2,18,19). The number of rotatable bonds is 4. The Labute approximate surface area is 134 Å². The highest BCUT2D eigenvalue weighted by Crippen LogP contribution is 2.28. The molecule has 2 N–H and O–H groups in total. The zero-order valence-electron chi connectivity index (χ0n) is 12.4. The number of ether oxygens (including phenoxy) is 1. The van der Waals surface area contributed by atoms with Crippen molar-refractivity contribution in [2.75, 3.05) is 19.7 Å². The summed E-state index contributed by atoms with van der Waals surface area (Å²) in [7, 11) is 0. The van der Waals surface area contributed by atoms with Crippen molar-refractivity contribution in [1.82, 2.24) is 4.90 Å². The second-order valence-electron chi connectivity index (χ2n) is 6.22. The Balaban J connectivity index is 1.73. The van der Waals surface area contributed by atoms with Crippen molar-refractivity contribution in [2.24, 2.45) is 10.7 Å². The van der Waals surface area contributed by atoms with Gasteiger partial charge in [-0.1, -0.05) is 28.1 Å². The lowest BCUT2D eigenvalue weighted by Gasteiger charge is -2.37. The third-order valence-corrected chi connectivity index (χ3v) is 4.95. The Bertz CT molecular complexity index is 525. The SMILES string of the molecule is CC1(Cc2ccc(Br)cc2)CN=C(N)N1CC1CCCO1. The van der Waals surface area contributed by atoms with Crippen LogP contribution in [-0.4, -0.2) is 42.2 Å². The van der Waals surface area contributed by atoms with Crippen LogP contribution in [0.3, 0.4) is 0 Å². The molecule has 21 heavy (non-hydrogen) atoms. The lowest BCUT2D eigenvalue weighted by atomic mass is 9.91. The average Bonchev–Trinajstić information content (AvgIpc) is 3.06. The van der Waals surface area contributed by atoms with Crippen molar-refractivity contribution >= 4 is 21.9 Å². The van der Waals surface area contributed by atoms with E-state index in [0.717, 1.165) is 43.4 Å². The molecule has 0 amide bonds. The van der Waals surface area contributed by atoms with Gasteiger partial charge in [-0.15, -0.1) is 0 Å². The summed E-state index contributed by atoms with van der Waals surface area (Å²) in [5, 5.41) is 0. The summed E-state index contributed by atoms with van der Waals surface area (Å²) in [6, 6.07) is 8.49. The summed E-state index contributed by atoms with van der Waals surface area (Å²) in [4.78, 5) is 6.72. The molecule has 0 radical (unpaired) electrons. The van der Waals surface area contributed by atoms with E-state index in [1.165, 1.54) is 5.56 Å². The molecule has 4 nitrogen and oxygen atoms in total. The molecule has 1 saturated heterocycles. The third-order valence-electron chi connectivity index (χ3n) is 4.42. The van der Waals surface area contributed by atoms with Crippen LogP contribution in [0.5, 0.6) is 0 Å². The van der Waals surface area contributed by atoms with E-state index in [9.17, 15) is 0 Å². The fraction of sp³-hybridized carbons (Fsp3) is 0.562. The van der Waals surface area contributed by atoms with E-state index in [-0.39, 0.29) is 5.54 Å². The molecule has 0 aliphatic carbocycles. The molecular weight excluding hydrogens is 330 g/mol. The molecule has 0 saturated carbocycles. The van der Waals surface area contributed by atoms with Crippen molar-refractivity contribution < 1.29 is 4.74 Å². The quantitative estimate of drug-likeness (QED) is 0.906. The molecule has 1 aromatic rings. The minimum atomic E-state index is -0.0517. The predicted octanol–water partition coefficient (Wildman–Crippen LogP) is 2.56. The first-order chi connectivity index (χ1) is 10.1. The van der Waals surface area contributed by atoms with Gasteiger partial charge in [0.2, 0.25) is 0 Å². The number of benzene rings is 1. The fourth-order valence-corrected chi connectivity index (χ4v) is 3.46. The number of hydrogen-bond donors (Lipinski definition) is 1. The minimum Gasteiger partial charge on any atom is -0.376 e. The van der Waals surface area contributed by atoms with Gasteiger partial charge >= 0.3 is 0 Å². The van der Waals surface area contributed by atoms with E-state index in [1.807, 2.05) is 0 Å². The van der Waals surface area contributed by atoms with Crippen molar-refractivity contribution in [3.05, 3.63) is 34.3 Å². The summed E-state index contributed by atoms with van der Waals surface area (Å²) in [6.45, 7) is 4.72. The first-order valence-corrected chi connectivity index (χ1v) is 8.30. The van der Waals surface area contributed by atoms with Gasteiger partial charge in [0.05, 0.1) is 18.2 Å². The first kappa shape index (κ1) is 14.9. The van der Waals surface area contributed by atoms with E-state index in [2.05, 4.69) is 57.0 Å². The second-order valence-corrected chi connectivity index (χ2v) is 7.14. The van der Waals surface area contributed by atoms with Crippen LogP contribution in [0.2, 0.25) is 0 Å². The van der Waals surface area contributed by atoms with Gasteiger partial charge in [-0.2, -0.15) is 0 Å². The highest BCUT2D eigenvalue weighted by molar-refractivity contribution is 9.10. The average molecular weight is 352 g/mol. The van der Waals surface area contributed by atoms with Crippen LogP contribution in [-0.2, 0) is 11.2 Å². The second kappa shape index (κ2) is 5.97. The van der Waals surface area contributed by atoms with Gasteiger partial charge in [-0.3, -0.25) is 4.99 Å². The van der Waals surface area contributed by atoms with Crippen LogP contribution < -0.4 is 5.73 Å². The maximum absolute atomic E-state index is 6.12. The molecule has 0 aromatic heterocycles. The number of aliphatic imine (C=N–C) groups is 1. The van der Waals surface area contributed by atoms with Crippen LogP contribution in [0.4, 0.5) is 0 Å². The molecule has 114 valence electrons.